The number of rotatable bonds is 1. The van der Waals surface area contributed by atoms with Crippen LogP contribution in [0.2, 0.25) is 0 Å². The number of carbonyl (C=O) groups is 1. The monoisotopic (exact) mass is 166 g/mol. The van der Waals surface area contributed by atoms with Gasteiger partial charge >= 0.3 is 5.97 Å². The summed E-state index contributed by atoms with van der Waals surface area (Å²) in [5.74, 6) is -0.312. The third-order valence-corrected chi connectivity index (χ3v) is 4.34. The fraction of sp³-hybridized carbons (Fsp3) is 0.750. The SMILES string of the molecule is O=C(O)C1CCS(=O)S1. The zero-order valence-electron chi connectivity index (χ0n) is 4.57. The third kappa shape index (κ3) is 1.69. The second kappa shape index (κ2) is 2.70. The highest BCUT2D eigenvalue weighted by Gasteiger charge is 2.27. The Bertz CT molecular complexity index is 156. The van der Waals surface area contributed by atoms with Crippen LogP contribution in [0.25, 0.3) is 0 Å². The molecule has 3 nitrogen and oxygen atoms in total. The lowest BCUT2D eigenvalue weighted by atomic mass is 10.3. The molecule has 1 N–H and O–H groups in total. The second-order valence-corrected chi connectivity index (χ2v) is 5.19. The van der Waals surface area contributed by atoms with Crippen molar-refractivity contribution in [3.8, 4) is 0 Å². The van der Waals surface area contributed by atoms with Gasteiger partial charge in [0.25, 0.3) is 0 Å². The van der Waals surface area contributed by atoms with Crippen LogP contribution in [0.4, 0.5) is 0 Å². The predicted octanol–water partition coefficient (Wildman–Crippen LogP) is 0.240. The van der Waals surface area contributed by atoms with Gasteiger partial charge in [-0.2, -0.15) is 0 Å². The van der Waals surface area contributed by atoms with Crippen molar-refractivity contribution in [3.63, 3.8) is 0 Å². The van der Waals surface area contributed by atoms with Gasteiger partial charge in [-0.25, -0.2) is 4.21 Å². The van der Waals surface area contributed by atoms with E-state index in [4.69, 9.17) is 5.11 Å². The summed E-state index contributed by atoms with van der Waals surface area (Å²) < 4.78 is 10.6. The standard InChI is InChI=1S/C4H6O3S2/c5-4(6)3-1-2-9(7)8-3/h3H,1-2H2,(H,5,6). The van der Waals surface area contributed by atoms with Crippen LogP contribution in [-0.4, -0.2) is 26.3 Å². The van der Waals surface area contributed by atoms with Crippen molar-refractivity contribution in [2.75, 3.05) is 5.75 Å². The number of aliphatic carboxylic acids is 1. The second-order valence-electron chi connectivity index (χ2n) is 1.72. The average Bonchev–Trinajstić information content (AvgIpc) is 2.14. The maximum atomic E-state index is 10.6. The number of hydrogen-bond acceptors (Lipinski definition) is 3. The number of carboxylic acid groups (broad SMARTS) is 1. The predicted molar refractivity (Wildman–Crippen MR) is 36.6 cm³/mol. The normalized spacial score (nSPS) is 34.7. The van der Waals surface area contributed by atoms with Crippen molar-refractivity contribution >= 4 is 26.6 Å². The molecule has 2 unspecified atom stereocenters. The molecule has 1 heterocycles. The smallest absolute Gasteiger partial charge is 0.317 e. The Labute approximate surface area is 58.7 Å². The zero-order valence-corrected chi connectivity index (χ0v) is 6.20. The first-order chi connectivity index (χ1) is 4.20. The summed E-state index contributed by atoms with van der Waals surface area (Å²) in [5, 5.41) is 7.95. The maximum Gasteiger partial charge on any atom is 0.317 e. The van der Waals surface area contributed by atoms with Crippen LogP contribution < -0.4 is 0 Å². The molecule has 2 atom stereocenters. The van der Waals surface area contributed by atoms with Crippen molar-refractivity contribution in [2.45, 2.75) is 11.7 Å². The number of hydrogen-bond donors (Lipinski definition) is 1. The van der Waals surface area contributed by atoms with E-state index in [0.29, 0.717) is 12.2 Å². The summed E-state index contributed by atoms with van der Waals surface area (Å²) in [5.41, 5.74) is 0. The molecule has 0 aromatic carbocycles. The van der Waals surface area contributed by atoms with Crippen LogP contribution in [0.15, 0.2) is 0 Å². The molecule has 0 aromatic heterocycles. The topological polar surface area (TPSA) is 54.4 Å². The minimum absolute atomic E-state index is 0.425. The highest BCUT2D eigenvalue weighted by molar-refractivity contribution is 8.70. The largest absolute Gasteiger partial charge is 0.480 e. The van der Waals surface area contributed by atoms with E-state index < -0.39 is 21.1 Å². The minimum Gasteiger partial charge on any atom is -0.480 e. The molecule has 9 heavy (non-hydrogen) atoms. The molecule has 0 aromatic rings. The quantitative estimate of drug-likeness (QED) is 0.567. The molecule has 0 radical (unpaired) electrons. The molecular formula is C4H6O3S2. The first-order valence-corrected chi connectivity index (χ1v) is 5.20. The average molecular weight is 166 g/mol. The lowest BCUT2D eigenvalue weighted by molar-refractivity contribution is -0.136. The van der Waals surface area contributed by atoms with Crippen LogP contribution >= 0.6 is 10.8 Å². The van der Waals surface area contributed by atoms with Crippen molar-refractivity contribution in [2.24, 2.45) is 0 Å². The van der Waals surface area contributed by atoms with E-state index >= 15 is 0 Å². The van der Waals surface area contributed by atoms with Gasteiger partial charge < -0.3 is 5.11 Å². The van der Waals surface area contributed by atoms with E-state index in [1.165, 1.54) is 0 Å². The summed E-state index contributed by atoms with van der Waals surface area (Å²) in [4.78, 5) is 10.2. The van der Waals surface area contributed by atoms with Gasteiger partial charge in [-0.05, 0) is 17.2 Å². The molecule has 1 aliphatic rings. The van der Waals surface area contributed by atoms with Crippen molar-refractivity contribution in [1.82, 2.24) is 0 Å². The maximum absolute atomic E-state index is 10.6. The Kier molecular flexibility index (Phi) is 2.13. The summed E-state index contributed by atoms with van der Waals surface area (Å²) in [6.45, 7) is 0. The number of carboxylic acids is 1. The molecule has 1 aliphatic heterocycles. The first kappa shape index (κ1) is 7.08. The first-order valence-electron chi connectivity index (χ1n) is 2.48. The Morgan fingerprint density at radius 3 is 2.67 bits per heavy atom. The summed E-state index contributed by atoms with van der Waals surface area (Å²) in [7, 11) is 0.109. The molecule has 0 spiro atoms. The molecule has 0 amide bonds. The third-order valence-electron chi connectivity index (χ3n) is 1.05. The Morgan fingerprint density at radius 2 is 2.44 bits per heavy atom. The van der Waals surface area contributed by atoms with E-state index in [2.05, 4.69) is 0 Å². The lowest BCUT2D eigenvalue weighted by Crippen LogP contribution is -2.11. The molecule has 0 saturated carbocycles. The van der Waals surface area contributed by atoms with E-state index in [-0.39, 0.29) is 0 Å². The van der Waals surface area contributed by atoms with Gasteiger partial charge in [-0.1, -0.05) is 0 Å². The fourth-order valence-corrected chi connectivity index (χ4v) is 3.71. The molecule has 5 heteroatoms. The minimum atomic E-state index is -0.938. The van der Waals surface area contributed by atoms with Crippen molar-refractivity contribution < 1.29 is 14.1 Å². The summed E-state index contributed by atoms with van der Waals surface area (Å²) in [6, 6.07) is 0. The molecule has 52 valence electrons. The molecule has 0 bridgehead atoms. The molecular weight excluding hydrogens is 160 g/mol. The van der Waals surface area contributed by atoms with E-state index in [1.54, 1.807) is 0 Å². The van der Waals surface area contributed by atoms with Gasteiger partial charge in [-0.15, -0.1) is 0 Å². The van der Waals surface area contributed by atoms with Crippen molar-refractivity contribution in [1.29, 1.82) is 0 Å². The van der Waals surface area contributed by atoms with E-state index in [0.717, 1.165) is 10.8 Å². The Balaban J connectivity index is 2.48. The highest BCUT2D eigenvalue weighted by Crippen LogP contribution is 2.27. The van der Waals surface area contributed by atoms with Crippen LogP contribution in [0.1, 0.15) is 6.42 Å². The van der Waals surface area contributed by atoms with Gasteiger partial charge in [0.05, 0.1) is 9.83 Å². The Hall–Kier alpha value is -0.0300. The van der Waals surface area contributed by atoms with Crippen LogP contribution in [0, 0.1) is 0 Å². The summed E-state index contributed by atoms with van der Waals surface area (Å²) in [6.07, 6.45) is 0.548. The molecule has 0 aliphatic carbocycles. The Morgan fingerprint density at radius 1 is 1.78 bits per heavy atom. The lowest BCUT2D eigenvalue weighted by Gasteiger charge is -1.95. The van der Waals surface area contributed by atoms with Gasteiger partial charge in [0.2, 0.25) is 0 Å². The zero-order chi connectivity index (χ0) is 6.85. The molecule has 1 fully saturated rings. The van der Waals surface area contributed by atoms with Gasteiger partial charge in [0.1, 0.15) is 5.25 Å². The summed E-state index contributed by atoms with van der Waals surface area (Å²) >= 11 is 0. The van der Waals surface area contributed by atoms with E-state index in [9.17, 15) is 9.00 Å². The molecule has 1 rings (SSSR count). The highest BCUT2D eigenvalue weighted by atomic mass is 33.1. The van der Waals surface area contributed by atoms with Gasteiger partial charge in [-0.3, -0.25) is 4.79 Å². The van der Waals surface area contributed by atoms with Crippen LogP contribution in [0.5, 0.6) is 0 Å². The van der Waals surface area contributed by atoms with Crippen LogP contribution in [-0.2, 0) is 14.6 Å². The molecule has 1 saturated heterocycles. The van der Waals surface area contributed by atoms with Gasteiger partial charge in [0, 0.05) is 5.75 Å². The van der Waals surface area contributed by atoms with Crippen molar-refractivity contribution in [3.05, 3.63) is 0 Å². The van der Waals surface area contributed by atoms with Gasteiger partial charge in [0.15, 0.2) is 0 Å². The fourth-order valence-electron chi connectivity index (χ4n) is 0.594. The van der Waals surface area contributed by atoms with E-state index in [1.807, 2.05) is 0 Å². The van der Waals surface area contributed by atoms with Crippen LogP contribution in [0.3, 0.4) is 0 Å².